The Bertz CT molecular complexity index is 386. The van der Waals surface area contributed by atoms with Gasteiger partial charge in [0.2, 0.25) is 0 Å². The van der Waals surface area contributed by atoms with Crippen molar-refractivity contribution in [2.75, 3.05) is 6.26 Å². The van der Waals surface area contributed by atoms with E-state index in [1.165, 1.54) is 18.1 Å². The highest BCUT2D eigenvalue weighted by Gasteiger charge is 1.99. The molecule has 0 amide bonds. The molecule has 0 saturated carbocycles. The molecule has 5 nitrogen and oxygen atoms in total. The first-order chi connectivity index (χ1) is 6.40. The van der Waals surface area contributed by atoms with Crippen molar-refractivity contribution in [3.63, 3.8) is 0 Å². The van der Waals surface area contributed by atoms with Crippen molar-refractivity contribution < 1.29 is 0 Å². The molecule has 0 aromatic carbocycles. The van der Waals surface area contributed by atoms with Crippen LogP contribution in [0.15, 0.2) is 30.1 Å². The van der Waals surface area contributed by atoms with Crippen LogP contribution in [0.25, 0.3) is 5.82 Å². The minimum Gasteiger partial charge on any atom is -0.231 e. The van der Waals surface area contributed by atoms with Gasteiger partial charge in [-0.25, -0.2) is 19.6 Å². The van der Waals surface area contributed by atoms with Crippen molar-refractivity contribution in [1.29, 1.82) is 0 Å². The molecular formula is C7H7N5S. The summed E-state index contributed by atoms with van der Waals surface area (Å²) < 4.78 is 1.60. The van der Waals surface area contributed by atoms with Crippen LogP contribution in [-0.2, 0) is 0 Å². The molecule has 0 bridgehead atoms. The van der Waals surface area contributed by atoms with Crippen molar-refractivity contribution in [3.8, 4) is 5.82 Å². The maximum atomic E-state index is 4.25. The van der Waals surface area contributed by atoms with Gasteiger partial charge < -0.3 is 0 Å². The van der Waals surface area contributed by atoms with Gasteiger partial charge in [0, 0.05) is 12.3 Å². The van der Waals surface area contributed by atoms with E-state index in [-0.39, 0.29) is 0 Å². The number of rotatable bonds is 2. The molecule has 0 saturated heterocycles. The van der Waals surface area contributed by atoms with Gasteiger partial charge in [-0.1, -0.05) is 11.8 Å². The molecule has 66 valence electrons. The summed E-state index contributed by atoms with van der Waals surface area (Å²) in [7, 11) is 0. The number of hydrogen-bond acceptors (Lipinski definition) is 5. The molecule has 0 atom stereocenters. The predicted molar refractivity (Wildman–Crippen MR) is 48.7 cm³/mol. The smallest absolute Gasteiger partial charge is 0.189 e. The SMILES string of the molecule is CSc1nccc(-n2cncn2)n1. The van der Waals surface area contributed by atoms with Gasteiger partial charge in [-0.05, 0) is 6.26 Å². The minimum absolute atomic E-state index is 0.730. The van der Waals surface area contributed by atoms with E-state index in [0.29, 0.717) is 0 Å². The number of thioether (sulfide) groups is 1. The first-order valence-electron chi connectivity index (χ1n) is 3.62. The van der Waals surface area contributed by atoms with Crippen LogP contribution in [0.4, 0.5) is 0 Å². The lowest BCUT2D eigenvalue weighted by atomic mass is 10.6. The molecule has 0 unspecified atom stereocenters. The standard InChI is InChI=1S/C7H7N5S/c1-13-7-9-3-2-6(11-7)12-5-8-4-10-12/h2-5H,1H3. The zero-order chi connectivity index (χ0) is 9.10. The van der Waals surface area contributed by atoms with Gasteiger partial charge in [-0.3, -0.25) is 0 Å². The largest absolute Gasteiger partial charge is 0.231 e. The van der Waals surface area contributed by atoms with Gasteiger partial charge >= 0.3 is 0 Å². The van der Waals surface area contributed by atoms with Crippen LogP contribution in [0.2, 0.25) is 0 Å². The van der Waals surface area contributed by atoms with Crippen LogP contribution in [0, 0.1) is 0 Å². The second-order valence-corrected chi connectivity index (χ2v) is 3.01. The highest BCUT2D eigenvalue weighted by atomic mass is 32.2. The second kappa shape index (κ2) is 3.53. The van der Waals surface area contributed by atoms with Crippen LogP contribution in [0.1, 0.15) is 0 Å². The molecule has 2 heterocycles. The number of nitrogens with zero attached hydrogens (tertiary/aromatic N) is 5. The molecule has 0 spiro atoms. The van der Waals surface area contributed by atoms with E-state index < -0.39 is 0 Å². The maximum absolute atomic E-state index is 4.25. The van der Waals surface area contributed by atoms with Crippen LogP contribution >= 0.6 is 11.8 Å². The van der Waals surface area contributed by atoms with Gasteiger partial charge in [-0.2, -0.15) is 5.10 Å². The Morgan fingerprint density at radius 3 is 3.08 bits per heavy atom. The summed E-state index contributed by atoms with van der Waals surface area (Å²) in [5.74, 6) is 0.733. The molecule has 2 aromatic heterocycles. The Morgan fingerprint density at radius 1 is 1.46 bits per heavy atom. The number of aromatic nitrogens is 5. The fourth-order valence-corrected chi connectivity index (χ4v) is 1.24. The normalized spacial score (nSPS) is 10.2. The second-order valence-electron chi connectivity index (χ2n) is 2.24. The molecule has 0 N–H and O–H groups in total. The van der Waals surface area contributed by atoms with E-state index >= 15 is 0 Å². The van der Waals surface area contributed by atoms with Crippen LogP contribution in [0.5, 0.6) is 0 Å². The van der Waals surface area contributed by atoms with Crippen molar-refractivity contribution in [2.45, 2.75) is 5.16 Å². The fraction of sp³-hybridized carbons (Fsp3) is 0.143. The van der Waals surface area contributed by atoms with Crippen LogP contribution in [0.3, 0.4) is 0 Å². The monoisotopic (exact) mass is 193 g/mol. The lowest BCUT2D eigenvalue weighted by Crippen LogP contribution is -1.99. The molecule has 0 aliphatic carbocycles. The summed E-state index contributed by atoms with van der Waals surface area (Å²) in [6.45, 7) is 0. The molecule has 0 aliphatic rings. The van der Waals surface area contributed by atoms with Gasteiger partial charge in [0.05, 0.1) is 0 Å². The Balaban J connectivity index is 2.41. The van der Waals surface area contributed by atoms with E-state index in [0.717, 1.165) is 11.0 Å². The van der Waals surface area contributed by atoms with Gasteiger partial charge in [0.1, 0.15) is 12.7 Å². The van der Waals surface area contributed by atoms with Gasteiger partial charge in [0.15, 0.2) is 11.0 Å². The Hall–Kier alpha value is -1.43. The molecule has 2 aromatic rings. The van der Waals surface area contributed by atoms with E-state index in [4.69, 9.17) is 0 Å². The Kier molecular flexibility index (Phi) is 2.22. The molecule has 2 rings (SSSR count). The quantitative estimate of drug-likeness (QED) is 0.521. The first kappa shape index (κ1) is 8.18. The molecule has 0 fully saturated rings. The fourth-order valence-electron chi connectivity index (χ4n) is 0.884. The zero-order valence-electron chi connectivity index (χ0n) is 6.95. The van der Waals surface area contributed by atoms with E-state index in [1.807, 2.05) is 6.26 Å². The zero-order valence-corrected chi connectivity index (χ0v) is 7.77. The lowest BCUT2D eigenvalue weighted by molar-refractivity contribution is 0.806. The van der Waals surface area contributed by atoms with Crippen LogP contribution < -0.4 is 0 Å². The Labute approximate surface area is 79.2 Å². The highest BCUT2D eigenvalue weighted by molar-refractivity contribution is 7.98. The Morgan fingerprint density at radius 2 is 2.38 bits per heavy atom. The summed E-state index contributed by atoms with van der Waals surface area (Å²) in [6, 6.07) is 1.79. The summed E-state index contributed by atoms with van der Waals surface area (Å²) in [6.07, 6.45) is 6.71. The van der Waals surface area contributed by atoms with Crippen molar-refractivity contribution in [2.24, 2.45) is 0 Å². The van der Waals surface area contributed by atoms with E-state index in [2.05, 4.69) is 20.1 Å². The first-order valence-corrected chi connectivity index (χ1v) is 4.84. The van der Waals surface area contributed by atoms with Gasteiger partial charge in [-0.15, -0.1) is 0 Å². The minimum atomic E-state index is 0.730. The number of hydrogen-bond donors (Lipinski definition) is 0. The third kappa shape index (κ3) is 1.67. The van der Waals surface area contributed by atoms with Gasteiger partial charge in [0.25, 0.3) is 0 Å². The molecule has 0 aliphatic heterocycles. The summed E-state index contributed by atoms with van der Waals surface area (Å²) in [5.41, 5.74) is 0. The predicted octanol–water partition coefficient (Wildman–Crippen LogP) is 0.779. The maximum Gasteiger partial charge on any atom is 0.189 e. The van der Waals surface area contributed by atoms with Crippen LogP contribution in [-0.4, -0.2) is 31.0 Å². The third-order valence-electron chi connectivity index (χ3n) is 1.45. The molecule has 6 heteroatoms. The highest BCUT2D eigenvalue weighted by Crippen LogP contribution is 2.09. The van der Waals surface area contributed by atoms with E-state index in [1.54, 1.807) is 23.3 Å². The van der Waals surface area contributed by atoms with E-state index in [9.17, 15) is 0 Å². The molecule has 13 heavy (non-hydrogen) atoms. The summed E-state index contributed by atoms with van der Waals surface area (Å²) in [4.78, 5) is 12.1. The average molecular weight is 193 g/mol. The van der Waals surface area contributed by atoms with Crippen molar-refractivity contribution >= 4 is 11.8 Å². The molecular weight excluding hydrogens is 186 g/mol. The van der Waals surface area contributed by atoms with Crippen molar-refractivity contribution in [1.82, 2.24) is 24.7 Å². The van der Waals surface area contributed by atoms with Crippen molar-refractivity contribution in [3.05, 3.63) is 24.9 Å². The molecule has 0 radical (unpaired) electrons. The average Bonchev–Trinajstić information content (AvgIpc) is 2.71. The lowest BCUT2D eigenvalue weighted by Gasteiger charge is -1.99. The topological polar surface area (TPSA) is 56.5 Å². The summed E-state index contributed by atoms with van der Waals surface area (Å²) in [5, 5.41) is 4.70. The summed E-state index contributed by atoms with van der Waals surface area (Å²) >= 11 is 1.50. The third-order valence-corrected chi connectivity index (χ3v) is 2.02.